The number of rotatable bonds is 8. The van der Waals surface area contributed by atoms with E-state index in [1.807, 2.05) is 13.8 Å². The number of carbonyl (C=O) groups excluding carboxylic acids is 2. The van der Waals surface area contributed by atoms with E-state index in [2.05, 4.69) is 15.0 Å². The molecule has 10 heteroatoms. The first-order valence-corrected chi connectivity index (χ1v) is 12.1. The minimum atomic E-state index is -3.43. The van der Waals surface area contributed by atoms with Crippen molar-refractivity contribution in [1.82, 2.24) is 9.38 Å². The first kappa shape index (κ1) is 23.3. The SMILES string of the molecule is CCCCC(=O)N(C)c1c(C)nc2ccc(C(=O)Nc3cccc(NS(C)(=O)=O)c3)cn12. The maximum Gasteiger partial charge on any atom is 0.257 e. The molecule has 2 heterocycles. The van der Waals surface area contributed by atoms with E-state index in [4.69, 9.17) is 0 Å². The predicted octanol–water partition coefficient (Wildman–Crippen LogP) is 3.42. The number of anilines is 3. The highest BCUT2D eigenvalue weighted by molar-refractivity contribution is 7.92. The molecule has 0 saturated heterocycles. The van der Waals surface area contributed by atoms with Crippen molar-refractivity contribution in [3.63, 3.8) is 0 Å². The number of hydrogen-bond acceptors (Lipinski definition) is 5. The summed E-state index contributed by atoms with van der Waals surface area (Å²) in [5, 5.41) is 2.77. The molecule has 0 aliphatic heterocycles. The summed E-state index contributed by atoms with van der Waals surface area (Å²) in [4.78, 5) is 31.5. The number of aryl methyl sites for hydroxylation is 1. The Morgan fingerprint density at radius 1 is 1.16 bits per heavy atom. The van der Waals surface area contributed by atoms with Crippen molar-refractivity contribution in [2.75, 3.05) is 28.2 Å². The van der Waals surface area contributed by atoms with Crippen LogP contribution >= 0.6 is 0 Å². The van der Waals surface area contributed by atoms with Gasteiger partial charge in [-0.15, -0.1) is 0 Å². The van der Waals surface area contributed by atoms with Gasteiger partial charge in [-0.2, -0.15) is 0 Å². The molecule has 0 atom stereocenters. The maximum absolute atomic E-state index is 12.9. The van der Waals surface area contributed by atoms with Gasteiger partial charge in [0.25, 0.3) is 5.91 Å². The van der Waals surface area contributed by atoms with E-state index in [0.717, 1.165) is 19.1 Å². The third kappa shape index (κ3) is 5.44. The number of unbranched alkanes of at least 4 members (excludes halogenated alkanes) is 1. The van der Waals surface area contributed by atoms with Crippen molar-refractivity contribution in [3.8, 4) is 0 Å². The van der Waals surface area contributed by atoms with Crippen LogP contribution in [-0.4, -0.2) is 42.9 Å². The summed E-state index contributed by atoms with van der Waals surface area (Å²) in [5.41, 5.74) is 2.48. The Hall–Kier alpha value is -3.40. The van der Waals surface area contributed by atoms with Crippen molar-refractivity contribution in [3.05, 3.63) is 53.9 Å². The number of pyridine rings is 1. The number of hydrogen-bond donors (Lipinski definition) is 2. The summed E-state index contributed by atoms with van der Waals surface area (Å²) in [6.07, 6.45) is 4.87. The average Bonchev–Trinajstić information content (AvgIpc) is 3.05. The van der Waals surface area contributed by atoms with E-state index in [1.165, 1.54) is 6.07 Å². The molecule has 0 aliphatic carbocycles. The number of aromatic nitrogens is 2. The zero-order valence-electron chi connectivity index (χ0n) is 18.5. The standard InChI is InChI=1S/C22H27N5O4S/c1-5-6-10-20(28)26(3)22-15(2)23-19-12-11-16(14-27(19)22)21(29)24-17-8-7-9-18(13-17)25-32(4,30)31/h7-9,11-14,25H,5-6,10H2,1-4H3,(H,24,29). The Labute approximate surface area is 187 Å². The molecule has 2 aromatic heterocycles. The molecule has 0 aliphatic rings. The lowest BCUT2D eigenvalue weighted by Crippen LogP contribution is -2.27. The van der Waals surface area contributed by atoms with Crippen LogP contribution in [0.25, 0.3) is 5.65 Å². The molecule has 32 heavy (non-hydrogen) atoms. The van der Waals surface area contributed by atoms with Gasteiger partial charge in [0.2, 0.25) is 15.9 Å². The molecule has 0 unspecified atom stereocenters. The van der Waals surface area contributed by atoms with Crippen molar-refractivity contribution < 1.29 is 18.0 Å². The van der Waals surface area contributed by atoms with Crippen LogP contribution in [0.2, 0.25) is 0 Å². The van der Waals surface area contributed by atoms with E-state index in [9.17, 15) is 18.0 Å². The molecule has 1 aromatic carbocycles. The third-order valence-electron chi connectivity index (χ3n) is 4.88. The summed E-state index contributed by atoms with van der Waals surface area (Å²) >= 11 is 0. The summed E-state index contributed by atoms with van der Waals surface area (Å²) in [7, 11) is -1.72. The van der Waals surface area contributed by atoms with Gasteiger partial charge < -0.3 is 5.32 Å². The van der Waals surface area contributed by atoms with Gasteiger partial charge in [-0.1, -0.05) is 19.4 Å². The number of sulfonamides is 1. The first-order valence-electron chi connectivity index (χ1n) is 10.2. The van der Waals surface area contributed by atoms with Crippen LogP contribution in [0.5, 0.6) is 0 Å². The van der Waals surface area contributed by atoms with Crippen LogP contribution in [0, 0.1) is 6.92 Å². The minimum absolute atomic E-state index is 0.0122. The molecule has 3 aromatic rings. The number of carbonyl (C=O) groups is 2. The number of nitrogens with one attached hydrogen (secondary N) is 2. The Kier molecular flexibility index (Phi) is 6.83. The third-order valence-corrected chi connectivity index (χ3v) is 5.49. The largest absolute Gasteiger partial charge is 0.322 e. The van der Waals surface area contributed by atoms with Crippen molar-refractivity contribution in [2.45, 2.75) is 33.1 Å². The fourth-order valence-corrected chi connectivity index (χ4v) is 3.94. The molecular formula is C22H27N5O4S. The quantitative estimate of drug-likeness (QED) is 0.538. The minimum Gasteiger partial charge on any atom is -0.322 e. The summed E-state index contributed by atoms with van der Waals surface area (Å²) in [5.74, 6) is 0.234. The molecular weight excluding hydrogens is 430 g/mol. The van der Waals surface area contributed by atoms with Crippen LogP contribution in [0.1, 0.15) is 42.2 Å². The average molecular weight is 458 g/mol. The van der Waals surface area contributed by atoms with Crippen LogP contribution in [0.15, 0.2) is 42.6 Å². The number of fused-ring (bicyclic) bond motifs is 1. The van der Waals surface area contributed by atoms with Crippen LogP contribution in [0.4, 0.5) is 17.2 Å². The molecule has 0 saturated carbocycles. The molecule has 170 valence electrons. The molecule has 0 bridgehead atoms. The molecule has 2 N–H and O–H groups in total. The Morgan fingerprint density at radius 3 is 2.56 bits per heavy atom. The Morgan fingerprint density at radius 2 is 1.88 bits per heavy atom. The predicted molar refractivity (Wildman–Crippen MR) is 126 cm³/mol. The highest BCUT2D eigenvalue weighted by atomic mass is 32.2. The van der Waals surface area contributed by atoms with E-state index < -0.39 is 10.0 Å². The number of imidazole rings is 1. The summed E-state index contributed by atoms with van der Waals surface area (Å²) in [6, 6.07) is 9.80. The number of nitrogens with zero attached hydrogens (tertiary/aromatic N) is 3. The molecule has 2 amide bonds. The number of benzene rings is 1. The van der Waals surface area contributed by atoms with Crippen molar-refractivity contribution in [2.24, 2.45) is 0 Å². The van der Waals surface area contributed by atoms with E-state index in [1.54, 1.807) is 52.9 Å². The van der Waals surface area contributed by atoms with Gasteiger partial charge in [0, 0.05) is 25.4 Å². The van der Waals surface area contributed by atoms with E-state index in [0.29, 0.717) is 40.5 Å². The summed E-state index contributed by atoms with van der Waals surface area (Å²) < 4.78 is 27.0. The van der Waals surface area contributed by atoms with Crippen molar-refractivity contribution in [1.29, 1.82) is 0 Å². The second-order valence-electron chi connectivity index (χ2n) is 7.63. The van der Waals surface area contributed by atoms with Crippen LogP contribution in [-0.2, 0) is 14.8 Å². The lowest BCUT2D eigenvalue weighted by atomic mass is 10.2. The Bertz CT molecular complexity index is 1270. The normalized spacial score (nSPS) is 11.4. The van der Waals surface area contributed by atoms with E-state index in [-0.39, 0.29) is 11.8 Å². The highest BCUT2D eigenvalue weighted by Gasteiger charge is 2.19. The molecule has 0 fully saturated rings. The van der Waals surface area contributed by atoms with Gasteiger partial charge >= 0.3 is 0 Å². The van der Waals surface area contributed by atoms with Crippen LogP contribution in [0.3, 0.4) is 0 Å². The highest BCUT2D eigenvalue weighted by Crippen LogP contribution is 2.23. The number of amides is 2. The molecule has 3 rings (SSSR count). The molecule has 0 radical (unpaired) electrons. The lowest BCUT2D eigenvalue weighted by molar-refractivity contribution is -0.118. The summed E-state index contributed by atoms with van der Waals surface area (Å²) in [6.45, 7) is 3.86. The van der Waals surface area contributed by atoms with Gasteiger partial charge in [-0.05, 0) is 43.7 Å². The van der Waals surface area contributed by atoms with Gasteiger partial charge in [0.05, 0.1) is 23.2 Å². The van der Waals surface area contributed by atoms with Gasteiger partial charge in [-0.25, -0.2) is 13.4 Å². The zero-order valence-corrected chi connectivity index (χ0v) is 19.4. The van der Waals surface area contributed by atoms with Crippen molar-refractivity contribution >= 4 is 44.7 Å². The smallest absolute Gasteiger partial charge is 0.257 e. The molecule has 0 spiro atoms. The van der Waals surface area contributed by atoms with Crippen LogP contribution < -0.4 is 14.9 Å². The van der Waals surface area contributed by atoms with Gasteiger partial charge in [-0.3, -0.25) is 23.6 Å². The molecule has 9 nitrogen and oxygen atoms in total. The second kappa shape index (κ2) is 9.39. The maximum atomic E-state index is 12.9. The first-order chi connectivity index (χ1) is 15.1. The second-order valence-corrected chi connectivity index (χ2v) is 9.38. The van der Waals surface area contributed by atoms with Gasteiger partial charge in [0.15, 0.2) is 0 Å². The zero-order chi connectivity index (χ0) is 23.5. The monoisotopic (exact) mass is 457 g/mol. The Balaban J connectivity index is 1.87. The van der Waals surface area contributed by atoms with E-state index >= 15 is 0 Å². The topological polar surface area (TPSA) is 113 Å². The fourth-order valence-electron chi connectivity index (χ4n) is 3.38. The fraction of sp³-hybridized carbons (Fsp3) is 0.318. The lowest BCUT2D eigenvalue weighted by Gasteiger charge is -2.18. The van der Waals surface area contributed by atoms with Gasteiger partial charge in [0.1, 0.15) is 11.5 Å².